The highest BCUT2D eigenvalue weighted by Gasteiger charge is 2.31. The summed E-state index contributed by atoms with van der Waals surface area (Å²) in [6.45, 7) is 4.71. The second kappa shape index (κ2) is 33.5. The van der Waals surface area contributed by atoms with Crippen LogP contribution in [0.25, 0.3) is 203 Å². The van der Waals surface area contributed by atoms with Crippen LogP contribution in [0, 0.1) is 0 Å². The van der Waals surface area contributed by atoms with E-state index in [1.807, 2.05) is 243 Å². The fourth-order valence-electron chi connectivity index (χ4n) is 16.0. The van der Waals surface area contributed by atoms with Gasteiger partial charge in [0.15, 0.2) is 69.9 Å². The van der Waals surface area contributed by atoms with E-state index in [1.165, 1.54) is 0 Å². The van der Waals surface area contributed by atoms with E-state index in [2.05, 4.69) is 196 Å². The largest absolute Gasteiger partial charge is 0.208 e. The molecule has 0 aliphatic carbocycles. The van der Waals surface area contributed by atoms with E-state index in [0.29, 0.717) is 69.9 Å². The molecule has 0 bridgehead atoms. The maximum atomic E-state index is 5.21. The van der Waals surface area contributed by atoms with Crippen LogP contribution in [0.5, 0.6) is 0 Å². The van der Waals surface area contributed by atoms with Crippen molar-refractivity contribution in [3.8, 4) is 203 Å². The van der Waals surface area contributed by atoms with Gasteiger partial charge in [0.25, 0.3) is 0 Å². The lowest BCUT2D eigenvalue weighted by Crippen LogP contribution is -2.21. The molecule has 0 fully saturated rings. The SMILES string of the molecule is CC(C)(c1ccccc1-c1cc(-c2cccc(-c3nc(-c4ccccc4)nc(-c4ccccc4)n3)c2)cc(-c2cccc(-c3nc(-c4ccccc4)nc(-c4ccccc4)n3)c2)c1)c1ccccc1-c1cc(-c2cccc(-c3nc(-c4ccccc4)nc(-c4ccccc4)n3)c2)cc(-c2cccc(-c3nc(-c4ccccc4)nc(-c4ccccc4)n3)c2)c1. The third kappa shape index (κ3) is 16.1. The summed E-state index contributed by atoms with van der Waals surface area (Å²) in [5.74, 6) is 6.94. The minimum absolute atomic E-state index is 0.561. The van der Waals surface area contributed by atoms with Crippen LogP contribution in [-0.4, -0.2) is 59.8 Å². The Balaban J connectivity index is 0.743. The summed E-state index contributed by atoms with van der Waals surface area (Å²) < 4.78 is 0. The predicted molar refractivity (Wildman–Crippen MR) is 496 cm³/mol. The molecule has 0 spiro atoms. The number of aromatic nitrogens is 12. The monoisotopic (exact) mass is 1580 g/mol. The molecule has 0 aliphatic heterocycles. The number of rotatable bonds is 20. The minimum atomic E-state index is -0.659. The van der Waals surface area contributed by atoms with Gasteiger partial charge in [-0.3, -0.25) is 0 Å². The summed E-state index contributed by atoms with van der Waals surface area (Å²) in [7, 11) is 0. The molecule has 0 N–H and O–H groups in total. The standard InChI is InChI=1S/C111H76N12/c1-111(2,97-61-29-27-59-95(97)93-69-89(81-51-31-55-85(63-81)107-116-99(73-35-11-3-12-36-73)112-100(117-107)74-37-13-4-14-38-74)67-90(70-93)82-52-32-56-86(64-82)108-118-101(75-39-15-5-16-40-75)113-102(119-108)76-41-17-6-18-42-76)98-62-30-28-60-96(98)94-71-91(83-53-33-57-87(65-83)109-120-103(77-43-19-7-20-44-77)114-104(121-109)78-45-21-8-22-46-78)68-92(72-94)84-54-34-58-88(66-84)110-122-105(79-47-23-9-24-48-79)115-106(123-110)80-49-25-10-26-50-80/h3-72H,1-2H3. The molecule has 4 heterocycles. The maximum absolute atomic E-state index is 5.21. The molecule has 123 heavy (non-hydrogen) atoms. The van der Waals surface area contributed by atoms with Crippen LogP contribution < -0.4 is 0 Å². The molecule has 20 rings (SSSR count). The number of benzene rings is 16. The Kier molecular flexibility index (Phi) is 20.5. The first kappa shape index (κ1) is 75.3. The van der Waals surface area contributed by atoms with Gasteiger partial charge in [0.2, 0.25) is 0 Å². The average molecular weight is 1580 g/mol. The normalized spacial score (nSPS) is 11.3. The number of hydrogen-bond acceptors (Lipinski definition) is 12. The molecule has 12 nitrogen and oxygen atoms in total. The Morgan fingerprint density at radius 1 is 0.122 bits per heavy atom. The summed E-state index contributed by atoms with van der Waals surface area (Å²) in [4.78, 5) is 62.0. The van der Waals surface area contributed by atoms with Crippen LogP contribution >= 0.6 is 0 Å². The van der Waals surface area contributed by atoms with Gasteiger partial charge in [-0.15, -0.1) is 0 Å². The van der Waals surface area contributed by atoms with Crippen molar-refractivity contribution in [2.24, 2.45) is 0 Å². The predicted octanol–water partition coefficient (Wildman–Crippen LogP) is 26.8. The molecule has 0 aliphatic rings. The fourth-order valence-corrected chi connectivity index (χ4v) is 16.0. The van der Waals surface area contributed by atoms with Crippen LogP contribution in [-0.2, 0) is 5.41 Å². The highest BCUT2D eigenvalue weighted by Crippen LogP contribution is 2.47. The Bertz CT molecular complexity index is 6200. The van der Waals surface area contributed by atoms with Crippen LogP contribution in [0.4, 0.5) is 0 Å². The van der Waals surface area contributed by atoms with Crippen molar-refractivity contribution in [3.05, 3.63) is 436 Å². The summed E-state index contributed by atoms with van der Waals surface area (Å²) in [6, 6.07) is 147. The third-order valence-corrected chi connectivity index (χ3v) is 22.3. The van der Waals surface area contributed by atoms with Crippen molar-refractivity contribution in [3.63, 3.8) is 0 Å². The van der Waals surface area contributed by atoms with E-state index >= 15 is 0 Å². The first-order valence-electron chi connectivity index (χ1n) is 41.1. The van der Waals surface area contributed by atoms with E-state index in [9.17, 15) is 0 Å². The van der Waals surface area contributed by atoms with Crippen LogP contribution in [0.1, 0.15) is 25.0 Å². The topological polar surface area (TPSA) is 155 Å². The van der Waals surface area contributed by atoms with Gasteiger partial charge in [-0.05, 0) is 139 Å². The third-order valence-electron chi connectivity index (χ3n) is 22.3. The molecule has 0 unspecified atom stereocenters. The zero-order valence-electron chi connectivity index (χ0n) is 67.3. The minimum Gasteiger partial charge on any atom is -0.208 e. The Hall–Kier alpha value is -16.4. The van der Waals surface area contributed by atoms with Crippen LogP contribution in [0.15, 0.2) is 425 Å². The summed E-state index contributed by atoms with van der Waals surface area (Å²) >= 11 is 0. The summed E-state index contributed by atoms with van der Waals surface area (Å²) in [5.41, 5.74) is 24.2. The Morgan fingerprint density at radius 2 is 0.260 bits per heavy atom. The van der Waals surface area contributed by atoms with Gasteiger partial charge < -0.3 is 0 Å². The average Bonchev–Trinajstić information content (AvgIpc) is 0.749. The smallest absolute Gasteiger partial charge is 0.164 e. The van der Waals surface area contributed by atoms with Gasteiger partial charge in [-0.1, -0.05) is 378 Å². The lowest BCUT2D eigenvalue weighted by Gasteiger charge is -2.31. The maximum Gasteiger partial charge on any atom is 0.164 e. The van der Waals surface area contributed by atoms with Crippen LogP contribution in [0.2, 0.25) is 0 Å². The molecule has 16 aromatic carbocycles. The molecule has 20 aromatic rings. The van der Waals surface area contributed by atoms with Crippen molar-refractivity contribution in [1.82, 2.24) is 59.8 Å². The zero-order valence-corrected chi connectivity index (χ0v) is 67.3. The highest BCUT2D eigenvalue weighted by molar-refractivity contribution is 5.89. The van der Waals surface area contributed by atoms with E-state index in [-0.39, 0.29) is 0 Å². The molecule has 0 atom stereocenters. The summed E-state index contributed by atoms with van der Waals surface area (Å²) in [5, 5.41) is 0. The van der Waals surface area contributed by atoms with Crippen molar-refractivity contribution in [2.45, 2.75) is 19.3 Å². The number of nitrogens with zero attached hydrogens (tertiary/aromatic N) is 12. The van der Waals surface area contributed by atoms with Gasteiger partial charge in [-0.25, -0.2) is 59.8 Å². The van der Waals surface area contributed by atoms with Crippen molar-refractivity contribution in [1.29, 1.82) is 0 Å². The zero-order chi connectivity index (χ0) is 82.4. The van der Waals surface area contributed by atoms with Crippen molar-refractivity contribution < 1.29 is 0 Å². The van der Waals surface area contributed by atoms with Gasteiger partial charge in [0.05, 0.1) is 0 Å². The molecule has 0 radical (unpaired) electrons. The van der Waals surface area contributed by atoms with E-state index in [1.54, 1.807) is 0 Å². The van der Waals surface area contributed by atoms with Crippen LogP contribution in [0.3, 0.4) is 0 Å². The van der Waals surface area contributed by atoms with E-state index < -0.39 is 5.41 Å². The van der Waals surface area contributed by atoms with E-state index in [4.69, 9.17) is 59.8 Å². The van der Waals surface area contributed by atoms with Gasteiger partial charge in [0.1, 0.15) is 0 Å². The molecule has 0 saturated heterocycles. The van der Waals surface area contributed by atoms with Gasteiger partial charge >= 0.3 is 0 Å². The molecule has 580 valence electrons. The molecular formula is C111H76N12. The second-order valence-electron chi connectivity index (χ2n) is 30.8. The van der Waals surface area contributed by atoms with Gasteiger partial charge in [0, 0.05) is 72.2 Å². The first-order valence-corrected chi connectivity index (χ1v) is 41.1. The Labute approximate surface area is 713 Å². The van der Waals surface area contributed by atoms with Gasteiger partial charge in [-0.2, -0.15) is 0 Å². The van der Waals surface area contributed by atoms with E-state index in [0.717, 1.165) is 145 Å². The second-order valence-corrected chi connectivity index (χ2v) is 30.8. The molecule has 0 amide bonds. The fraction of sp³-hybridized carbons (Fsp3) is 0.0270. The summed E-state index contributed by atoms with van der Waals surface area (Å²) in [6.07, 6.45) is 0. The first-order chi connectivity index (χ1) is 60.6. The lowest BCUT2D eigenvalue weighted by atomic mass is 9.72. The lowest BCUT2D eigenvalue weighted by molar-refractivity contribution is 0.644. The molecular weight excluding hydrogens is 1500 g/mol. The van der Waals surface area contributed by atoms with Crippen molar-refractivity contribution in [2.75, 3.05) is 0 Å². The number of hydrogen-bond donors (Lipinski definition) is 0. The van der Waals surface area contributed by atoms with Crippen molar-refractivity contribution >= 4 is 0 Å². The molecule has 12 heteroatoms. The molecule has 0 saturated carbocycles. The Morgan fingerprint density at radius 3 is 0.455 bits per heavy atom. The molecule has 4 aromatic heterocycles. The quantitative estimate of drug-likeness (QED) is 0.0713. The highest BCUT2D eigenvalue weighted by atomic mass is 15.1.